The molecule has 0 spiro atoms. The van der Waals surface area contributed by atoms with E-state index in [1.165, 1.54) is 0 Å². The molecule has 0 aromatic heterocycles. The standard InChI is InChI=1S/C31H34N2O4/c1-19(2)17-28(29(34)22-15-13-20(3)14-16-22)33-30(35)21(4)32-31(36)37-18-27-25-11-7-5-9-23(25)24-10-6-8-12-26(24)27/h5-16,19,21,27-28H,17-18H2,1-4H3,(H,32,36)(H,33,35)/t21-,28-/m0/s1. The van der Waals surface area contributed by atoms with E-state index in [1.807, 2.05) is 57.2 Å². The van der Waals surface area contributed by atoms with Crippen molar-refractivity contribution in [2.24, 2.45) is 5.92 Å². The summed E-state index contributed by atoms with van der Waals surface area (Å²) in [5, 5.41) is 5.44. The van der Waals surface area contributed by atoms with Crippen molar-refractivity contribution in [2.45, 2.75) is 52.1 Å². The second kappa shape index (κ2) is 11.4. The van der Waals surface area contributed by atoms with Crippen molar-refractivity contribution in [3.63, 3.8) is 0 Å². The van der Waals surface area contributed by atoms with Crippen molar-refractivity contribution in [3.05, 3.63) is 95.1 Å². The number of rotatable bonds is 9. The van der Waals surface area contributed by atoms with Gasteiger partial charge in [0.1, 0.15) is 12.6 Å². The van der Waals surface area contributed by atoms with Crippen LogP contribution in [-0.4, -0.2) is 36.5 Å². The number of ether oxygens (including phenoxy) is 1. The normalized spacial score (nSPS) is 13.9. The fourth-order valence-corrected chi connectivity index (χ4v) is 4.80. The molecule has 0 heterocycles. The van der Waals surface area contributed by atoms with Crippen LogP contribution in [0.15, 0.2) is 72.8 Å². The van der Waals surface area contributed by atoms with Crippen LogP contribution in [0.25, 0.3) is 11.1 Å². The van der Waals surface area contributed by atoms with Gasteiger partial charge in [-0.3, -0.25) is 9.59 Å². The number of amides is 2. The van der Waals surface area contributed by atoms with Crippen molar-refractivity contribution in [2.75, 3.05) is 6.61 Å². The van der Waals surface area contributed by atoms with Crippen LogP contribution < -0.4 is 10.6 Å². The zero-order valence-electron chi connectivity index (χ0n) is 21.8. The van der Waals surface area contributed by atoms with E-state index in [-0.39, 0.29) is 24.2 Å². The van der Waals surface area contributed by atoms with Gasteiger partial charge in [-0.25, -0.2) is 4.79 Å². The summed E-state index contributed by atoms with van der Waals surface area (Å²) in [6.07, 6.45) is -0.175. The molecule has 0 saturated heterocycles. The molecule has 6 heteroatoms. The maximum atomic E-state index is 13.1. The largest absolute Gasteiger partial charge is 0.449 e. The van der Waals surface area contributed by atoms with Gasteiger partial charge in [0.05, 0.1) is 6.04 Å². The molecule has 0 fully saturated rings. The summed E-state index contributed by atoms with van der Waals surface area (Å²) in [7, 11) is 0. The second-order valence-electron chi connectivity index (χ2n) is 10.1. The molecule has 3 aromatic rings. The smallest absolute Gasteiger partial charge is 0.407 e. The maximum Gasteiger partial charge on any atom is 0.407 e. The highest BCUT2D eigenvalue weighted by molar-refractivity contribution is 6.02. The van der Waals surface area contributed by atoms with Crippen molar-refractivity contribution >= 4 is 17.8 Å². The Morgan fingerprint density at radius 3 is 1.95 bits per heavy atom. The summed E-state index contributed by atoms with van der Waals surface area (Å²) < 4.78 is 5.56. The predicted octanol–water partition coefficient (Wildman–Crippen LogP) is 5.64. The molecule has 0 saturated carbocycles. The van der Waals surface area contributed by atoms with Gasteiger partial charge in [-0.05, 0) is 48.4 Å². The number of carbonyl (C=O) groups is 3. The molecule has 1 aliphatic rings. The first-order chi connectivity index (χ1) is 17.7. The number of hydrogen-bond donors (Lipinski definition) is 2. The molecule has 2 N–H and O–H groups in total. The molecule has 1 aliphatic carbocycles. The molecular formula is C31H34N2O4. The minimum absolute atomic E-state index is 0.0650. The van der Waals surface area contributed by atoms with Crippen LogP contribution in [0.5, 0.6) is 0 Å². The lowest BCUT2D eigenvalue weighted by Gasteiger charge is -2.22. The average Bonchev–Trinajstić information content (AvgIpc) is 3.20. The quantitative estimate of drug-likeness (QED) is 0.374. The number of aryl methyl sites for hydroxylation is 1. The van der Waals surface area contributed by atoms with Gasteiger partial charge in [0.2, 0.25) is 5.91 Å². The molecule has 37 heavy (non-hydrogen) atoms. The van der Waals surface area contributed by atoms with Gasteiger partial charge >= 0.3 is 6.09 Å². The highest BCUT2D eigenvalue weighted by Gasteiger charge is 2.30. The van der Waals surface area contributed by atoms with Gasteiger partial charge in [0, 0.05) is 11.5 Å². The Labute approximate surface area is 218 Å². The average molecular weight is 499 g/mol. The number of hydrogen-bond acceptors (Lipinski definition) is 4. The van der Waals surface area contributed by atoms with E-state index in [9.17, 15) is 14.4 Å². The molecule has 4 rings (SSSR count). The monoisotopic (exact) mass is 498 g/mol. The summed E-state index contributed by atoms with van der Waals surface area (Å²) in [5.41, 5.74) is 6.14. The Morgan fingerprint density at radius 1 is 0.811 bits per heavy atom. The van der Waals surface area contributed by atoms with Gasteiger partial charge in [-0.1, -0.05) is 92.2 Å². The first-order valence-corrected chi connectivity index (χ1v) is 12.8. The first kappa shape index (κ1) is 26.1. The minimum atomic E-state index is -0.865. The zero-order valence-corrected chi connectivity index (χ0v) is 21.8. The molecule has 2 amide bonds. The van der Waals surface area contributed by atoms with Crippen LogP contribution in [0.1, 0.15) is 60.2 Å². The third-order valence-electron chi connectivity index (χ3n) is 6.75. The van der Waals surface area contributed by atoms with Crippen LogP contribution in [0.3, 0.4) is 0 Å². The van der Waals surface area contributed by atoms with E-state index in [2.05, 4.69) is 34.9 Å². The van der Waals surface area contributed by atoms with Gasteiger partial charge in [-0.15, -0.1) is 0 Å². The highest BCUT2D eigenvalue weighted by atomic mass is 16.5. The molecule has 0 bridgehead atoms. The summed E-state index contributed by atoms with van der Waals surface area (Å²) in [6, 6.07) is 22.0. The van der Waals surface area contributed by atoms with Crippen LogP contribution in [0, 0.1) is 12.8 Å². The van der Waals surface area contributed by atoms with Crippen molar-refractivity contribution in [1.82, 2.24) is 10.6 Å². The molecular weight excluding hydrogens is 464 g/mol. The lowest BCUT2D eigenvalue weighted by Crippen LogP contribution is -2.50. The molecule has 0 radical (unpaired) electrons. The third-order valence-corrected chi connectivity index (χ3v) is 6.75. The first-order valence-electron chi connectivity index (χ1n) is 12.8. The van der Waals surface area contributed by atoms with Crippen molar-refractivity contribution in [3.8, 4) is 11.1 Å². The number of fused-ring (bicyclic) bond motifs is 3. The van der Waals surface area contributed by atoms with Gasteiger partial charge in [0.15, 0.2) is 5.78 Å². The Hall–Kier alpha value is -3.93. The number of carbonyl (C=O) groups excluding carboxylic acids is 3. The zero-order chi connectivity index (χ0) is 26.5. The van der Waals surface area contributed by atoms with Gasteiger partial charge in [-0.2, -0.15) is 0 Å². The fourth-order valence-electron chi connectivity index (χ4n) is 4.80. The lowest BCUT2D eigenvalue weighted by atomic mass is 9.95. The summed E-state index contributed by atoms with van der Waals surface area (Å²) >= 11 is 0. The van der Waals surface area contributed by atoms with E-state index in [4.69, 9.17) is 4.74 Å². The fraction of sp³-hybridized carbons (Fsp3) is 0.323. The number of nitrogens with one attached hydrogen (secondary N) is 2. The molecule has 2 atom stereocenters. The molecule has 0 unspecified atom stereocenters. The highest BCUT2D eigenvalue weighted by Crippen LogP contribution is 2.44. The molecule has 3 aromatic carbocycles. The van der Waals surface area contributed by atoms with E-state index >= 15 is 0 Å². The molecule has 0 aliphatic heterocycles. The third kappa shape index (κ3) is 6.08. The van der Waals surface area contributed by atoms with Crippen LogP contribution in [0.2, 0.25) is 0 Å². The number of ketones is 1. The van der Waals surface area contributed by atoms with Gasteiger partial charge in [0.25, 0.3) is 0 Å². The Balaban J connectivity index is 1.36. The summed E-state index contributed by atoms with van der Waals surface area (Å²) in [6.45, 7) is 7.70. The topological polar surface area (TPSA) is 84.5 Å². The Kier molecular flexibility index (Phi) is 8.07. The molecule has 6 nitrogen and oxygen atoms in total. The van der Waals surface area contributed by atoms with Crippen molar-refractivity contribution in [1.29, 1.82) is 0 Å². The number of benzene rings is 3. The molecule has 192 valence electrons. The van der Waals surface area contributed by atoms with E-state index in [0.717, 1.165) is 27.8 Å². The lowest BCUT2D eigenvalue weighted by molar-refractivity contribution is -0.123. The Morgan fingerprint density at radius 2 is 1.38 bits per heavy atom. The van der Waals surface area contributed by atoms with Crippen LogP contribution in [0.4, 0.5) is 4.79 Å². The van der Waals surface area contributed by atoms with E-state index in [1.54, 1.807) is 19.1 Å². The predicted molar refractivity (Wildman–Crippen MR) is 145 cm³/mol. The van der Waals surface area contributed by atoms with Gasteiger partial charge < -0.3 is 15.4 Å². The van der Waals surface area contributed by atoms with E-state index < -0.39 is 24.1 Å². The summed E-state index contributed by atoms with van der Waals surface area (Å²) in [5.74, 6) is -0.440. The number of alkyl carbamates (subject to hydrolysis) is 1. The second-order valence-corrected chi connectivity index (χ2v) is 10.1. The van der Waals surface area contributed by atoms with Crippen LogP contribution in [-0.2, 0) is 9.53 Å². The summed E-state index contributed by atoms with van der Waals surface area (Å²) in [4.78, 5) is 38.6. The minimum Gasteiger partial charge on any atom is -0.449 e. The Bertz CT molecular complexity index is 1240. The SMILES string of the molecule is Cc1ccc(C(=O)[C@H](CC(C)C)NC(=O)[C@H](C)NC(=O)OCC2c3ccccc3-c3ccccc32)cc1. The number of Topliss-reactive ketones (excluding diaryl/α,β-unsaturated/α-hetero) is 1. The maximum absolute atomic E-state index is 13.1. The van der Waals surface area contributed by atoms with E-state index in [0.29, 0.717) is 12.0 Å². The van der Waals surface area contributed by atoms with Crippen LogP contribution >= 0.6 is 0 Å². The van der Waals surface area contributed by atoms with Crippen molar-refractivity contribution < 1.29 is 19.1 Å².